The number of hydrogen-bond donors (Lipinski definition) is 0. The third-order valence-electron chi connectivity index (χ3n) is 3.52. The van der Waals surface area contributed by atoms with E-state index in [4.69, 9.17) is 23.7 Å². The maximum atomic E-state index is 5.54. The van der Waals surface area contributed by atoms with E-state index in [-0.39, 0.29) is 18.3 Å². The highest BCUT2D eigenvalue weighted by Crippen LogP contribution is 1.98. The Labute approximate surface area is 163 Å². The fraction of sp³-hybridized carbons (Fsp3) is 1.00. The van der Waals surface area contributed by atoms with Crippen molar-refractivity contribution >= 4 is 0 Å². The van der Waals surface area contributed by atoms with Crippen LogP contribution >= 0.6 is 0 Å². The van der Waals surface area contributed by atoms with Crippen LogP contribution in [0.1, 0.15) is 74.1 Å². The van der Waals surface area contributed by atoms with Crippen molar-refractivity contribution in [3.8, 4) is 0 Å². The minimum Gasteiger partial charge on any atom is -0.379 e. The molecule has 0 aliphatic carbocycles. The smallest absolute Gasteiger partial charge is 0.0781 e. The predicted octanol–water partition coefficient (Wildman–Crippen LogP) is 4.86. The molecule has 0 aliphatic heterocycles. The van der Waals surface area contributed by atoms with Crippen molar-refractivity contribution in [2.45, 2.75) is 92.5 Å². The molecule has 3 atom stereocenters. The summed E-state index contributed by atoms with van der Waals surface area (Å²) in [5.41, 5.74) is 0. The van der Waals surface area contributed by atoms with Crippen LogP contribution in [0.3, 0.4) is 0 Å². The van der Waals surface area contributed by atoms with Crippen molar-refractivity contribution in [3.05, 3.63) is 0 Å². The molecular weight excluding hydrogens is 332 g/mol. The fourth-order valence-electron chi connectivity index (χ4n) is 1.94. The first kappa shape index (κ1) is 28.0. The maximum Gasteiger partial charge on any atom is 0.0781 e. The summed E-state index contributed by atoms with van der Waals surface area (Å²) in [6, 6.07) is 0. The van der Waals surface area contributed by atoms with E-state index >= 15 is 0 Å². The fourth-order valence-corrected chi connectivity index (χ4v) is 1.94. The molecule has 0 saturated carbocycles. The summed E-state index contributed by atoms with van der Waals surface area (Å²) in [5, 5.41) is 0. The zero-order valence-electron chi connectivity index (χ0n) is 18.6. The van der Waals surface area contributed by atoms with Gasteiger partial charge in [0.1, 0.15) is 0 Å². The monoisotopic (exact) mass is 378 g/mol. The molecule has 0 aromatic carbocycles. The lowest BCUT2D eigenvalue weighted by Crippen LogP contribution is -2.23. The van der Waals surface area contributed by atoms with E-state index < -0.39 is 0 Å². The molecular formula is C21H46O5. The molecule has 0 heterocycles. The molecule has 0 aromatic heterocycles. The summed E-state index contributed by atoms with van der Waals surface area (Å²) in [6.45, 7) is 19.7. The molecule has 0 aliphatic rings. The van der Waals surface area contributed by atoms with E-state index in [2.05, 4.69) is 20.8 Å². The van der Waals surface area contributed by atoms with Gasteiger partial charge in [0.15, 0.2) is 0 Å². The number of ether oxygens (including phenoxy) is 5. The summed E-state index contributed by atoms with van der Waals surface area (Å²) in [7, 11) is 0. The van der Waals surface area contributed by atoms with Gasteiger partial charge in [0.05, 0.1) is 38.1 Å². The van der Waals surface area contributed by atoms with Crippen LogP contribution in [0.4, 0.5) is 0 Å². The number of rotatable bonds is 17. The molecule has 160 valence electrons. The molecule has 0 amide bonds. The van der Waals surface area contributed by atoms with Crippen LogP contribution in [-0.2, 0) is 23.7 Å². The molecule has 0 fully saturated rings. The Morgan fingerprint density at radius 2 is 1.08 bits per heavy atom. The lowest BCUT2D eigenvalue weighted by Gasteiger charge is -2.16. The van der Waals surface area contributed by atoms with Gasteiger partial charge in [0, 0.05) is 26.4 Å². The standard InChI is InChI=1S/C11H24O2.C10H22O3/c1-4-6-8-12-10-11(3)13-9-7-5-2;1-5-11-7-9(3)13-8-10(4)12-6-2/h11H,4-10H2,1-3H3;9-10H,5-8H2,1-4H3. The van der Waals surface area contributed by atoms with Crippen molar-refractivity contribution in [3.63, 3.8) is 0 Å². The first-order valence-electron chi connectivity index (χ1n) is 10.5. The molecule has 5 heteroatoms. The molecule has 26 heavy (non-hydrogen) atoms. The van der Waals surface area contributed by atoms with Crippen LogP contribution in [0.2, 0.25) is 0 Å². The van der Waals surface area contributed by atoms with Crippen molar-refractivity contribution < 1.29 is 23.7 Å². The second-order valence-corrected chi connectivity index (χ2v) is 6.53. The predicted molar refractivity (Wildman–Crippen MR) is 109 cm³/mol. The molecule has 0 N–H and O–H groups in total. The zero-order chi connectivity index (χ0) is 20.0. The van der Waals surface area contributed by atoms with E-state index in [1.807, 2.05) is 27.7 Å². The van der Waals surface area contributed by atoms with E-state index in [0.29, 0.717) is 13.2 Å². The van der Waals surface area contributed by atoms with Crippen molar-refractivity contribution in [2.75, 3.05) is 46.2 Å². The highest BCUT2D eigenvalue weighted by molar-refractivity contribution is 4.51. The van der Waals surface area contributed by atoms with Gasteiger partial charge in [-0.25, -0.2) is 0 Å². The first-order valence-corrected chi connectivity index (χ1v) is 10.5. The third kappa shape index (κ3) is 23.8. The SMILES string of the molecule is CCCCOCC(C)OCCCC.CCOCC(C)OCC(C)OCC. The molecule has 0 radical (unpaired) electrons. The van der Waals surface area contributed by atoms with E-state index in [1.54, 1.807) is 0 Å². The second-order valence-electron chi connectivity index (χ2n) is 6.53. The molecule has 0 rings (SSSR count). The molecule has 0 saturated heterocycles. The lowest BCUT2D eigenvalue weighted by atomic mass is 10.3. The molecule has 0 aromatic rings. The molecule has 3 unspecified atom stereocenters. The topological polar surface area (TPSA) is 46.2 Å². The van der Waals surface area contributed by atoms with Crippen LogP contribution in [0.15, 0.2) is 0 Å². The van der Waals surface area contributed by atoms with Gasteiger partial charge in [-0.15, -0.1) is 0 Å². The normalized spacial score (nSPS) is 14.4. The van der Waals surface area contributed by atoms with Crippen molar-refractivity contribution in [2.24, 2.45) is 0 Å². The molecule has 5 nitrogen and oxygen atoms in total. The van der Waals surface area contributed by atoms with Gasteiger partial charge in [-0.2, -0.15) is 0 Å². The lowest BCUT2D eigenvalue weighted by molar-refractivity contribution is -0.0533. The summed E-state index contributed by atoms with van der Waals surface area (Å²) in [6.07, 6.45) is 5.29. The van der Waals surface area contributed by atoms with E-state index in [1.165, 1.54) is 12.8 Å². The molecule has 0 spiro atoms. The molecule has 0 bridgehead atoms. The van der Waals surface area contributed by atoms with Crippen molar-refractivity contribution in [1.82, 2.24) is 0 Å². The minimum absolute atomic E-state index is 0.155. The Morgan fingerprint density at radius 3 is 1.65 bits per heavy atom. The highest BCUT2D eigenvalue weighted by atomic mass is 16.6. The van der Waals surface area contributed by atoms with E-state index in [9.17, 15) is 0 Å². The summed E-state index contributed by atoms with van der Waals surface area (Å²) in [4.78, 5) is 0. The van der Waals surface area contributed by atoms with Crippen molar-refractivity contribution in [1.29, 1.82) is 0 Å². The van der Waals surface area contributed by atoms with Crippen LogP contribution in [0.5, 0.6) is 0 Å². The number of hydrogen-bond acceptors (Lipinski definition) is 5. The van der Waals surface area contributed by atoms with Gasteiger partial charge in [-0.05, 0) is 47.5 Å². The van der Waals surface area contributed by atoms with Crippen LogP contribution in [0.25, 0.3) is 0 Å². The summed E-state index contributed by atoms with van der Waals surface area (Å²) < 4.78 is 27.0. The third-order valence-corrected chi connectivity index (χ3v) is 3.52. The average molecular weight is 379 g/mol. The van der Waals surface area contributed by atoms with E-state index in [0.717, 1.165) is 45.9 Å². The van der Waals surface area contributed by atoms with Crippen LogP contribution in [-0.4, -0.2) is 64.6 Å². The first-order chi connectivity index (χ1) is 12.5. The van der Waals surface area contributed by atoms with Crippen LogP contribution in [0, 0.1) is 0 Å². The van der Waals surface area contributed by atoms with Gasteiger partial charge in [0.25, 0.3) is 0 Å². The number of unbranched alkanes of at least 4 members (excludes halogenated alkanes) is 2. The average Bonchev–Trinajstić information content (AvgIpc) is 2.63. The minimum atomic E-state index is 0.155. The Hall–Kier alpha value is -0.200. The largest absolute Gasteiger partial charge is 0.379 e. The second kappa shape index (κ2) is 22.8. The Kier molecular flexibility index (Phi) is 24.6. The van der Waals surface area contributed by atoms with Crippen LogP contribution < -0.4 is 0 Å². The Bertz CT molecular complexity index is 251. The van der Waals surface area contributed by atoms with Gasteiger partial charge in [-0.3, -0.25) is 0 Å². The summed E-state index contributed by atoms with van der Waals surface area (Å²) >= 11 is 0. The Morgan fingerprint density at radius 1 is 0.538 bits per heavy atom. The maximum absolute atomic E-state index is 5.54. The van der Waals surface area contributed by atoms with Gasteiger partial charge in [-0.1, -0.05) is 26.7 Å². The quantitative estimate of drug-likeness (QED) is 0.338. The van der Waals surface area contributed by atoms with Gasteiger partial charge < -0.3 is 23.7 Å². The summed E-state index contributed by atoms with van der Waals surface area (Å²) in [5.74, 6) is 0. The van der Waals surface area contributed by atoms with Gasteiger partial charge in [0.2, 0.25) is 0 Å². The van der Waals surface area contributed by atoms with Gasteiger partial charge >= 0.3 is 0 Å². The zero-order valence-corrected chi connectivity index (χ0v) is 18.6. The highest BCUT2D eigenvalue weighted by Gasteiger charge is 2.05. The Balaban J connectivity index is 0.